The van der Waals surface area contributed by atoms with E-state index in [4.69, 9.17) is 9.47 Å². The fourth-order valence-electron chi connectivity index (χ4n) is 2.78. The van der Waals surface area contributed by atoms with Crippen molar-refractivity contribution in [3.63, 3.8) is 0 Å². The fraction of sp³-hybridized carbons (Fsp3) is 0.571. The first kappa shape index (κ1) is 20.2. The smallest absolute Gasteiger partial charge is 0.408 e. The van der Waals surface area contributed by atoms with Crippen LogP contribution in [0.4, 0.5) is 13.2 Å². The number of ether oxygens (including phenoxy) is 2. The van der Waals surface area contributed by atoms with Crippen LogP contribution in [0.15, 0.2) is 18.2 Å². The van der Waals surface area contributed by atoms with Crippen molar-refractivity contribution >= 4 is 24.8 Å². The largest absolute Gasteiger partial charge is 0.486 e. The van der Waals surface area contributed by atoms with Gasteiger partial charge in [0.15, 0.2) is 11.5 Å². The summed E-state index contributed by atoms with van der Waals surface area (Å²) in [4.78, 5) is 1.46. The number of alkyl halides is 3. The first-order chi connectivity index (χ1) is 10.1. The molecule has 0 bridgehead atoms. The number of halogens is 5. The summed E-state index contributed by atoms with van der Waals surface area (Å²) >= 11 is 0. The van der Waals surface area contributed by atoms with Gasteiger partial charge in [0.2, 0.25) is 0 Å². The zero-order valence-electron chi connectivity index (χ0n) is 12.3. The predicted octanol–water partition coefficient (Wildman–Crippen LogP) is 2.81. The van der Waals surface area contributed by atoms with Crippen molar-refractivity contribution in [3.05, 3.63) is 23.8 Å². The molecule has 0 radical (unpaired) electrons. The Morgan fingerprint density at radius 3 is 2.22 bits per heavy atom. The minimum atomic E-state index is -4.32. The second-order valence-electron chi connectivity index (χ2n) is 5.13. The third-order valence-electron chi connectivity index (χ3n) is 3.71. The lowest BCUT2D eigenvalue weighted by atomic mass is 10.0. The lowest BCUT2D eigenvalue weighted by Crippen LogP contribution is -2.49. The SMILES string of the molecule is Cl.Cl.FC(F)(F)[C@H](c1ccc2c(c1)OCCO2)N1CCNCC1. The van der Waals surface area contributed by atoms with E-state index < -0.39 is 12.2 Å². The summed E-state index contributed by atoms with van der Waals surface area (Å²) in [6.45, 7) is 2.67. The Hall–Kier alpha value is -0.890. The molecule has 1 aromatic carbocycles. The van der Waals surface area contributed by atoms with E-state index in [0.717, 1.165) is 0 Å². The lowest BCUT2D eigenvalue weighted by molar-refractivity contribution is -0.187. The van der Waals surface area contributed by atoms with Crippen molar-refractivity contribution in [2.75, 3.05) is 39.4 Å². The maximum absolute atomic E-state index is 13.5. The molecule has 3 rings (SSSR count). The van der Waals surface area contributed by atoms with Gasteiger partial charge in [-0.1, -0.05) is 6.07 Å². The van der Waals surface area contributed by atoms with Gasteiger partial charge >= 0.3 is 6.18 Å². The number of hydrogen-bond acceptors (Lipinski definition) is 4. The first-order valence-corrected chi connectivity index (χ1v) is 6.97. The topological polar surface area (TPSA) is 33.7 Å². The Kier molecular flexibility index (Phi) is 7.26. The zero-order chi connectivity index (χ0) is 14.9. The minimum absolute atomic E-state index is 0. The highest BCUT2D eigenvalue weighted by Gasteiger charge is 2.45. The molecule has 23 heavy (non-hydrogen) atoms. The van der Waals surface area contributed by atoms with E-state index in [1.165, 1.54) is 17.0 Å². The Morgan fingerprint density at radius 2 is 1.61 bits per heavy atom. The van der Waals surface area contributed by atoms with E-state index in [9.17, 15) is 13.2 Å². The van der Waals surface area contributed by atoms with Crippen molar-refractivity contribution < 1.29 is 22.6 Å². The van der Waals surface area contributed by atoms with Gasteiger partial charge < -0.3 is 14.8 Å². The van der Waals surface area contributed by atoms with E-state index in [2.05, 4.69) is 5.32 Å². The number of rotatable bonds is 2. The van der Waals surface area contributed by atoms with Crippen LogP contribution < -0.4 is 14.8 Å². The van der Waals surface area contributed by atoms with Crippen molar-refractivity contribution in [2.24, 2.45) is 0 Å². The number of nitrogens with zero attached hydrogens (tertiary/aromatic N) is 1. The molecule has 2 aliphatic heterocycles. The van der Waals surface area contributed by atoms with Gasteiger partial charge in [-0.3, -0.25) is 4.90 Å². The lowest BCUT2D eigenvalue weighted by Gasteiger charge is -2.36. The van der Waals surface area contributed by atoms with Crippen LogP contribution in [0.3, 0.4) is 0 Å². The van der Waals surface area contributed by atoms with Crippen LogP contribution in [0.2, 0.25) is 0 Å². The van der Waals surface area contributed by atoms with Crippen LogP contribution >= 0.6 is 24.8 Å². The van der Waals surface area contributed by atoms with Gasteiger partial charge in [0, 0.05) is 26.2 Å². The Balaban J connectivity index is 0.00000132. The molecule has 132 valence electrons. The maximum Gasteiger partial charge on any atom is 0.408 e. The van der Waals surface area contributed by atoms with Crippen LogP contribution in [0.25, 0.3) is 0 Å². The Labute approximate surface area is 145 Å². The predicted molar refractivity (Wildman–Crippen MR) is 85.2 cm³/mol. The maximum atomic E-state index is 13.5. The number of benzene rings is 1. The van der Waals surface area contributed by atoms with Gasteiger partial charge in [-0.2, -0.15) is 13.2 Å². The molecule has 1 atom stereocenters. The second kappa shape index (κ2) is 8.28. The van der Waals surface area contributed by atoms with Crippen LogP contribution in [0.1, 0.15) is 11.6 Å². The number of fused-ring (bicyclic) bond motifs is 1. The molecule has 0 amide bonds. The Bertz CT molecular complexity index is 511. The summed E-state index contributed by atoms with van der Waals surface area (Å²) in [6.07, 6.45) is -4.32. The molecule has 0 unspecified atom stereocenters. The average Bonchev–Trinajstić information content (AvgIpc) is 2.47. The van der Waals surface area contributed by atoms with E-state index in [1.807, 2.05) is 0 Å². The molecular weight excluding hydrogens is 356 g/mol. The van der Waals surface area contributed by atoms with Crippen LogP contribution in [0.5, 0.6) is 11.5 Å². The van der Waals surface area contributed by atoms with E-state index in [-0.39, 0.29) is 30.4 Å². The van der Waals surface area contributed by atoms with E-state index in [1.54, 1.807) is 6.07 Å². The molecule has 0 spiro atoms. The molecule has 0 aromatic heterocycles. The second-order valence-corrected chi connectivity index (χ2v) is 5.13. The van der Waals surface area contributed by atoms with E-state index in [0.29, 0.717) is 50.9 Å². The van der Waals surface area contributed by atoms with Gasteiger partial charge in [-0.15, -0.1) is 24.8 Å². The number of hydrogen-bond donors (Lipinski definition) is 1. The first-order valence-electron chi connectivity index (χ1n) is 6.97. The molecule has 1 aromatic rings. The molecule has 0 aliphatic carbocycles. The van der Waals surface area contributed by atoms with Crippen molar-refractivity contribution in [2.45, 2.75) is 12.2 Å². The van der Waals surface area contributed by atoms with Crippen LogP contribution in [-0.2, 0) is 0 Å². The van der Waals surface area contributed by atoms with Gasteiger partial charge in [-0.25, -0.2) is 0 Å². The number of nitrogens with one attached hydrogen (secondary N) is 1. The monoisotopic (exact) mass is 374 g/mol. The highest BCUT2D eigenvalue weighted by atomic mass is 35.5. The molecular formula is C14H19Cl2F3N2O2. The molecule has 1 N–H and O–H groups in total. The highest BCUT2D eigenvalue weighted by molar-refractivity contribution is 5.85. The summed E-state index contributed by atoms with van der Waals surface area (Å²) in [5.41, 5.74) is 0.202. The summed E-state index contributed by atoms with van der Waals surface area (Å²) in [6, 6.07) is 2.89. The highest BCUT2D eigenvalue weighted by Crippen LogP contribution is 2.41. The third kappa shape index (κ3) is 4.56. The van der Waals surface area contributed by atoms with Crippen molar-refractivity contribution in [1.82, 2.24) is 10.2 Å². The standard InChI is InChI=1S/C14H17F3N2O2.2ClH/c15-14(16,17)13(19-5-3-18-4-6-19)10-1-2-11-12(9-10)21-8-7-20-11;;/h1-2,9,13,18H,3-8H2;2*1H/t13-;;/m0../s1. The van der Waals surface area contributed by atoms with Crippen molar-refractivity contribution in [1.29, 1.82) is 0 Å². The summed E-state index contributed by atoms with van der Waals surface area (Å²) in [7, 11) is 0. The molecule has 4 nitrogen and oxygen atoms in total. The quantitative estimate of drug-likeness (QED) is 0.862. The van der Waals surface area contributed by atoms with Gasteiger partial charge in [0.1, 0.15) is 19.3 Å². The molecule has 0 saturated carbocycles. The molecule has 1 saturated heterocycles. The average molecular weight is 375 g/mol. The summed E-state index contributed by atoms with van der Waals surface area (Å²) < 4.78 is 51.2. The van der Waals surface area contributed by atoms with Gasteiger partial charge in [0.05, 0.1) is 0 Å². The van der Waals surface area contributed by atoms with Crippen LogP contribution in [0, 0.1) is 0 Å². The van der Waals surface area contributed by atoms with Gasteiger partial charge in [-0.05, 0) is 17.7 Å². The Morgan fingerprint density at radius 1 is 1.00 bits per heavy atom. The van der Waals surface area contributed by atoms with E-state index >= 15 is 0 Å². The summed E-state index contributed by atoms with van der Waals surface area (Å²) in [5.74, 6) is 0.898. The molecule has 9 heteroatoms. The normalized spacial score (nSPS) is 19.3. The molecule has 1 fully saturated rings. The summed E-state index contributed by atoms with van der Waals surface area (Å²) in [5, 5.41) is 3.07. The fourth-order valence-corrected chi connectivity index (χ4v) is 2.78. The van der Waals surface area contributed by atoms with Gasteiger partial charge in [0.25, 0.3) is 0 Å². The molecule has 2 heterocycles. The molecule has 2 aliphatic rings. The number of piperazine rings is 1. The third-order valence-corrected chi connectivity index (χ3v) is 3.71. The zero-order valence-corrected chi connectivity index (χ0v) is 13.9. The minimum Gasteiger partial charge on any atom is -0.486 e. The van der Waals surface area contributed by atoms with Crippen LogP contribution in [-0.4, -0.2) is 50.5 Å². The van der Waals surface area contributed by atoms with Crippen molar-refractivity contribution in [3.8, 4) is 11.5 Å².